The summed E-state index contributed by atoms with van der Waals surface area (Å²) in [4.78, 5) is 40.2. The van der Waals surface area contributed by atoms with Gasteiger partial charge in [-0.1, -0.05) is 84.8 Å². The summed E-state index contributed by atoms with van der Waals surface area (Å²) >= 11 is 0. The predicted octanol–water partition coefficient (Wildman–Crippen LogP) is 9.12. The van der Waals surface area contributed by atoms with Crippen molar-refractivity contribution >= 4 is 27.9 Å². The number of piperidine rings is 1. The van der Waals surface area contributed by atoms with Crippen LogP contribution in [0.2, 0.25) is 0 Å². The minimum atomic E-state index is -0.631. The van der Waals surface area contributed by atoms with Gasteiger partial charge in [0.1, 0.15) is 45.0 Å². The van der Waals surface area contributed by atoms with E-state index in [-0.39, 0.29) is 39.0 Å². The molecule has 0 saturated carbocycles. The number of esters is 1. The molecule has 0 atom stereocenters. The quantitative estimate of drug-likeness (QED) is 0.0778. The number of hydrogen-bond donors (Lipinski definition) is 2. The van der Waals surface area contributed by atoms with E-state index in [0.29, 0.717) is 40.6 Å². The first-order valence-electron chi connectivity index (χ1n) is 19.1. The number of carbonyl (C=O) groups excluding carboxylic acids is 1. The van der Waals surface area contributed by atoms with Gasteiger partial charge in [-0.15, -0.1) is 0 Å². The number of benzene rings is 5. The Kier molecular flexibility index (Phi) is 12.2. The van der Waals surface area contributed by atoms with Gasteiger partial charge in [-0.2, -0.15) is 0 Å². The van der Waals surface area contributed by atoms with Crippen molar-refractivity contribution in [1.82, 2.24) is 4.90 Å². The van der Waals surface area contributed by atoms with Crippen LogP contribution in [0.1, 0.15) is 41.6 Å². The number of likely N-dealkylation sites (tertiary alicyclic amines) is 1. The first kappa shape index (κ1) is 39.4. The van der Waals surface area contributed by atoms with E-state index in [1.165, 1.54) is 63.7 Å². The fourth-order valence-electron chi connectivity index (χ4n) is 6.86. The molecule has 11 nitrogen and oxygen atoms in total. The predicted molar refractivity (Wildman–Crippen MR) is 222 cm³/mol. The number of rotatable bonds is 10. The standard InChI is InChI=1S/C24H18O6.C23H25NO4/c1-14-8-10-16(11-9-14)24(27)30-20-13-19-21(22(26)23(20)28-2)17(25)12-18(29-19)15-6-4-3-5-7-15;25-19-14-18(27-13-7-12-24-10-5-2-6-11-24)15-22-23(19)20(26)16-21(28-22)17-8-3-1-4-9-17/h3-13,26H,1-2H3;1,3-4,8-9,14-16,25H,2,5-7,10-13H2. The monoisotopic (exact) mass is 781 g/mol. The molecule has 11 heteroatoms. The highest BCUT2D eigenvalue weighted by Crippen LogP contribution is 2.42. The number of phenolic OH excluding ortho intramolecular Hbond substituents is 2. The molecule has 1 saturated heterocycles. The fourth-order valence-corrected chi connectivity index (χ4v) is 6.86. The molecule has 2 N–H and O–H groups in total. The van der Waals surface area contributed by atoms with Gasteiger partial charge in [0.15, 0.2) is 22.4 Å². The molecule has 0 spiro atoms. The second kappa shape index (κ2) is 18.0. The second-order valence-electron chi connectivity index (χ2n) is 14.0. The van der Waals surface area contributed by atoms with Crippen molar-refractivity contribution in [2.45, 2.75) is 32.6 Å². The topological polar surface area (TPSA) is 149 Å². The number of phenols is 2. The summed E-state index contributed by atoms with van der Waals surface area (Å²) in [6.45, 7) is 5.83. The summed E-state index contributed by atoms with van der Waals surface area (Å²) in [5, 5.41) is 21.0. The molecule has 8 rings (SSSR count). The second-order valence-corrected chi connectivity index (χ2v) is 14.0. The van der Waals surface area contributed by atoms with Crippen LogP contribution in [0, 0.1) is 6.92 Å². The molecule has 58 heavy (non-hydrogen) atoms. The number of ether oxygens (including phenoxy) is 3. The SMILES string of the molecule is COc1c(OC(=O)c2ccc(C)cc2)cc2oc(-c3ccccc3)cc(=O)c2c1O.O=c1cc(-c2ccccc2)oc2cc(OCCCN3CCCCC3)cc(O)c12. The maximum atomic E-state index is 12.7. The smallest absolute Gasteiger partial charge is 0.343 e. The van der Waals surface area contributed by atoms with Crippen LogP contribution in [0.25, 0.3) is 44.6 Å². The van der Waals surface area contributed by atoms with Crippen LogP contribution in [-0.4, -0.2) is 54.4 Å². The molecular formula is C47H43NO10. The van der Waals surface area contributed by atoms with E-state index in [4.69, 9.17) is 23.0 Å². The zero-order valence-electron chi connectivity index (χ0n) is 32.2. The van der Waals surface area contributed by atoms with Crippen LogP contribution in [0.15, 0.2) is 134 Å². The molecular weight excluding hydrogens is 739 g/mol. The van der Waals surface area contributed by atoms with Gasteiger partial charge >= 0.3 is 5.97 Å². The lowest BCUT2D eigenvalue weighted by molar-refractivity contribution is 0.0729. The van der Waals surface area contributed by atoms with Crippen LogP contribution in [0.5, 0.6) is 28.7 Å². The Hall–Kier alpha value is -6.85. The molecule has 1 aliphatic heterocycles. The number of carbonyl (C=O) groups is 1. The molecule has 0 bridgehead atoms. The maximum absolute atomic E-state index is 12.7. The average molecular weight is 782 g/mol. The zero-order chi connectivity index (χ0) is 40.6. The van der Waals surface area contributed by atoms with E-state index >= 15 is 0 Å². The number of hydrogen-bond acceptors (Lipinski definition) is 11. The van der Waals surface area contributed by atoms with E-state index in [1.807, 2.05) is 55.5 Å². The van der Waals surface area contributed by atoms with Crippen molar-refractivity contribution in [1.29, 1.82) is 0 Å². The van der Waals surface area contributed by atoms with Gasteiger partial charge in [-0.05, 0) is 51.4 Å². The van der Waals surface area contributed by atoms with Crippen molar-refractivity contribution in [3.63, 3.8) is 0 Å². The van der Waals surface area contributed by atoms with E-state index in [1.54, 1.807) is 42.5 Å². The molecule has 5 aromatic carbocycles. The van der Waals surface area contributed by atoms with Crippen LogP contribution in [0.3, 0.4) is 0 Å². The Balaban J connectivity index is 0.000000177. The summed E-state index contributed by atoms with van der Waals surface area (Å²) in [6, 6.07) is 32.6. The Morgan fingerprint density at radius 3 is 1.91 bits per heavy atom. The molecule has 0 radical (unpaired) electrons. The molecule has 2 aromatic heterocycles. The number of aryl methyl sites for hydroxylation is 1. The molecule has 7 aromatic rings. The number of nitrogens with zero attached hydrogens (tertiary/aromatic N) is 1. The molecule has 1 fully saturated rings. The van der Waals surface area contributed by atoms with Crippen LogP contribution in [0.4, 0.5) is 0 Å². The Morgan fingerprint density at radius 1 is 0.724 bits per heavy atom. The number of fused-ring (bicyclic) bond motifs is 2. The summed E-state index contributed by atoms with van der Waals surface area (Å²) in [5.41, 5.74) is 2.54. The lowest BCUT2D eigenvalue weighted by atomic mass is 10.1. The summed E-state index contributed by atoms with van der Waals surface area (Å²) in [7, 11) is 1.31. The Labute approximate surface area is 334 Å². The largest absolute Gasteiger partial charge is 0.507 e. The molecule has 3 heterocycles. The fraction of sp³-hybridized carbons (Fsp3) is 0.213. The van der Waals surface area contributed by atoms with Gasteiger partial charge in [0.25, 0.3) is 0 Å². The highest BCUT2D eigenvalue weighted by molar-refractivity contribution is 5.94. The van der Waals surface area contributed by atoms with Gasteiger partial charge in [0.2, 0.25) is 5.75 Å². The van der Waals surface area contributed by atoms with E-state index < -0.39 is 17.1 Å². The number of aromatic hydroxyl groups is 2. The lowest BCUT2D eigenvalue weighted by Crippen LogP contribution is -2.31. The molecule has 0 aliphatic carbocycles. The zero-order valence-corrected chi connectivity index (χ0v) is 32.2. The average Bonchev–Trinajstić information content (AvgIpc) is 3.23. The van der Waals surface area contributed by atoms with Gasteiger partial charge in [-0.3, -0.25) is 9.59 Å². The minimum absolute atomic E-state index is 0.0540. The minimum Gasteiger partial charge on any atom is -0.507 e. The molecule has 0 unspecified atom stereocenters. The van der Waals surface area contributed by atoms with Gasteiger partial charge in [0.05, 0.1) is 19.3 Å². The third-order valence-electron chi connectivity index (χ3n) is 9.84. The first-order valence-corrected chi connectivity index (χ1v) is 19.1. The van der Waals surface area contributed by atoms with Crippen LogP contribution < -0.4 is 25.1 Å². The summed E-state index contributed by atoms with van der Waals surface area (Å²) < 4.78 is 28.2. The van der Waals surface area contributed by atoms with E-state index in [9.17, 15) is 24.6 Å². The van der Waals surface area contributed by atoms with Crippen molar-refractivity contribution < 1.29 is 38.1 Å². The normalized spacial score (nSPS) is 12.8. The third kappa shape index (κ3) is 9.06. The third-order valence-corrected chi connectivity index (χ3v) is 9.84. The van der Waals surface area contributed by atoms with Gasteiger partial charge in [0, 0.05) is 48.0 Å². The maximum Gasteiger partial charge on any atom is 0.343 e. The van der Waals surface area contributed by atoms with Crippen molar-refractivity contribution in [3.8, 4) is 51.4 Å². The first-order chi connectivity index (χ1) is 28.2. The van der Waals surface area contributed by atoms with E-state index in [0.717, 1.165) is 24.1 Å². The highest BCUT2D eigenvalue weighted by atomic mass is 16.6. The molecule has 1 aliphatic rings. The Bertz CT molecular complexity index is 2650. The van der Waals surface area contributed by atoms with E-state index in [2.05, 4.69) is 4.90 Å². The lowest BCUT2D eigenvalue weighted by Gasteiger charge is -2.26. The summed E-state index contributed by atoms with van der Waals surface area (Å²) in [6.07, 6.45) is 4.82. The molecule has 296 valence electrons. The van der Waals surface area contributed by atoms with Crippen molar-refractivity contribution in [2.24, 2.45) is 0 Å². The number of methoxy groups -OCH3 is 1. The summed E-state index contributed by atoms with van der Waals surface area (Å²) in [5.74, 6) is -0.0602. The molecule has 0 amide bonds. The van der Waals surface area contributed by atoms with Crippen molar-refractivity contribution in [2.75, 3.05) is 33.4 Å². The Morgan fingerprint density at radius 2 is 1.31 bits per heavy atom. The van der Waals surface area contributed by atoms with Crippen molar-refractivity contribution in [3.05, 3.63) is 147 Å². The highest BCUT2D eigenvalue weighted by Gasteiger charge is 2.22. The van der Waals surface area contributed by atoms with Crippen LogP contribution >= 0.6 is 0 Å². The van der Waals surface area contributed by atoms with Gasteiger partial charge < -0.3 is 38.2 Å². The van der Waals surface area contributed by atoms with Crippen LogP contribution in [-0.2, 0) is 0 Å². The van der Waals surface area contributed by atoms with Gasteiger partial charge in [-0.25, -0.2) is 4.79 Å².